The van der Waals surface area contributed by atoms with Crippen molar-refractivity contribution in [2.45, 2.75) is 12.7 Å². The monoisotopic (exact) mass is 271 g/mol. The molecule has 19 heavy (non-hydrogen) atoms. The quantitative estimate of drug-likeness (QED) is 0.858. The molecule has 4 nitrogen and oxygen atoms in total. The molecule has 7 heteroatoms. The number of alkyl halides is 3. The zero-order valence-corrected chi connectivity index (χ0v) is 9.94. The van der Waals surface area contributed by atoms with Gasteiger partial charge in [0.1, 0.15) is 0 Å². The first-order chi connectivity index (χ1) is 8.97. The molecule has 0 fully saturated rings. The molecule has 1 aromatic heterocycles. The van der Waals surface area contributed by atoms with Crippen molar-refractivity contribution in [1.82, 2.24) is 14.9 Å². The fourth-order valence-corrected chi connectivity index (χ4v) is 1.70. The molecular weight excluding hydrogens is 259 g/mol. The zero-order valence-electron chi connectivity index (χ0n) is 9.94. The first kappa shape index (κ1) is 13.5. The Kier molecular flexibility index (Phi) is 3.84. The fourth-order valence-electron chi connectivity index (χ4n) is 1.70. The Morgan fingerprint density at radius 3 is 2.74 bits per heavy atom. The van der Waals surface area contributed by atoms with E-state index in [1.165, 1.54) is 10.9 Å². The van der Waals surface area contributed by atoms with Crippen LogP contribution in [0.2, 0.25) is 0 Å². The van der Waals surface area contributed by atoms with Crippen LogP contribution in [0, 0.1) is 0 Å². The van der Waals surface area contributed by atoms with E-state index in [4.69, 9.17) is 0 Å². The summed E-state index contributed by atoms with van der Waals surface area (Å²) in [4.78, 5) is 16.1. The predicted octanol–water partition coefficient (Wildman–Crippen LogP) is 1.55. The van der Waals surface area contributed by atoms with Gasteiger partial charge in [0, 0.05) is 13.1 Å². The van der Waals surface area contributed by atoms with Crippen molar-refractivity contribution in [3.8, 4) is 0 Å². The van der Waals surface area contributed by atoms with Gasteiger partial charge in [-0.3, -0.25) is 9.36 Å². The van der Waals surface area contributed by atoms with Gasteiger partial charge < -0.3 is 5.32 Å². The van der Waals surface area contributed by atoms with Crippen LogP contribution in [0.5, 0.6) is 0 Å². The second-order valence-electron chi connectivity index (χ2n) is 4.05. The fraction of sp³-hybridized carbons (Fsp3) is 0.333. The summed E-state index contributed by atoms with van der Waals surface area (Å²) in [5.74, 6) is 0. The molecule has 0 unspecified atom stereocenters. The summed E-state index contributed by atoms with van der Waals surface area (Å²) in [6, 6.07) is 6.84. The van der Waals surface area contributed by atoms with E-state index in [0.29, 0.717) is 10.9 Å². The van der Waals surface area contributed by atoms with Crippen molar-refractivity contribution in [3.05, 3.63) is 40.9 Å². The normalized spacial score (nSPS) is 11.9. The molecular formula is C12H12F3N3O. The molecule has 2 rings (SSSR count). The summed E-state index contributed by atoms with van der Waals surface area (Å²) in [7, 11) is 0. The van der Waals surface area contributed by atoms with Crippen LogP contribution in [0.25, 0.3) is 10.9 Å². The summed E-state index contributed by atoms with van der Waals surface area (Å²) in [5.41, 5.74) is 0.325. The number of nitrogens with one attached hydrogen (secondary N) is 1. The third-order valence-corrected chi connectivity index (χ3v) is 2.59. The van der Waals surface area contributed by atoms with Crippen LogP contribution >= 0.6 is 0 Å². The van der Waals surface area contributed by atoms with E-state index in [2.05, 4.69) is 10.3 Å². The number of nitrogens with zero attached hydrogens (tertiary/aromatic N) is 2. The van der Waals surface area contributed by atoms with Gasteiger partial charge in [0.25, 0.3) is 5.56 Å². The average molecular weight is 271 g/mol. The Hall–Kier alpha value is -1.89. The van der Waals surface area contributed by atoms with Gasteiger partial charge in [0.05, 0.1) is 23.8 Å². The molecule has 0 amide bonds. The second-order valence-corrected chi connectivity index (χ2v) is 4.05. The molecule has 0 aliphatic rings. The van der Waals surface area contributed by atoms with E-state index < -0.39 is 12.7 Å². The van der Waals surface area contributed by atoms with Gasteiger partial charge in [0.15, 0.2) is 0 Å². The Morgan fingerprint density at radius 1 is 1.26 bits per heavy atom. The minimum absolute atomic E-state index is 0.0550. The van der Waals surface area contributed by atoms with Crippen molar-refractivity contribution in [1.29, 1.82) is 0 Å². The van der Waals surface area contributed by atoms with E-state index in [0.717, 1.165) is 0 Å². The van der Waals surface area contributed by atoms with Crippen LogP contribution in [0.15, 0.2) is 35.4 Å². The maximum atomic E-state index is 12.0. The molecule has 0 saturated carbocycles. The number of hydrogen-bond acceptors (Lipinski definition) is 3. The van der Waals surface area contributed by atoms with E-state index in [1.54, 1.807) is 24.3 Å². The third kappa shape index (κ3) is 3.54. The highest BCUT2D eigenvalue weighted by molar-refractivity contribution is 5.76. The summed E-state index contributed by atoms with van der Waals surface area (Å²) in [5, 5.41) is 2.70. The van der Waals surface area contributed by atoms with Crippen LogP contribution in [0.3, 0.4) is 0 Å². The lowest BCUT2D eigenvalue weighted by Crippen LogP contribution is -2.33. The molecule has 0 aliphatic heterocycles. The van der Waals surface area contributed by atoms with E-state index in [-0.39, 0.29) is 18.6 Å². The molecule has 0 spiro atoms. The molecule has 2 aromatic rings. The second kappa shape index (κ2) is 5.40. The first-order valence-corrected chi connectivity index (χ1v) is 5.69. The van der Waals surface area contributed by atoms with Gasteiger partial charge in [-0.15, -0.1) is 0 Å². The van der Waals surface area contributed by atoms with E-state index >= 15 is 0 Å². The number of fused-ring (bicyclic) bond motifs is 1. The van der Waals surface area contributed by atoms with Gasteiger partial charge in [-0.25, -0.2) is 4.98 Å². The molecule has 0 atom stereocenters. The lowest BCUT2D eigenvalue weighted by molar-refractivity contribution is -0.124. The summed E-state index contributed by atoms with van der Waals surface area (Å²) in [6.07, 6.45) is -2.90. The summed E-state index contributed by atoms with van der Waals surface area (Å²) in [6.45, 7) is -0.866. The van der Waals surface area contributed by atoms with Crippen molar-refractivity contribution < 1.29 is 13.2 Å². The van der Waals surface area contributed by atoms with Crippen LogP contribution in [-0.4, -0.2) is 28.8 Å². The van der Waals surface area contributed by atoms with Gasteiger partial charge in [0.2, 0.25) is 0 Å². The molecule has 0 bridgehead atoms. The topological polar surface area (TPSA) is 46.9 Å². The molecule has 0 aliphatic carbocycles. The Bertz CT molecular complexity index is 621. The minimum atomic E-state index is -4.24. The molecule has 0 saturated heterocycles. The molecule has 1 heterocycles. The number of para-hydroxylation sites is 1. The smallest absolute Gasteiger partial charge is 0.307 e. The van der Waals surface area contributed by atoms with Gasteiger partial charge in [-0.2, -0.15) is 13.2 Å². The highest BCUT2D eigenvalue weighted by Crippen LogP contribution is 2.11. The Balaban J connectivity index is 2.06. The van der Waals surface area contributed by atoms with E-state index in [9.17, 15) is 18.0 Å². The SMILES string of the molecule is O=c1c2ccccc2ncn1CCNCC(F)(F)F. The lowest BCUT2D eigenvalue weighted by Gasteiger charge is -2.09. The molecule has 1 aromatic carbocycles. The standard InChI is InChI=1S/C12H12F3N3O/c13-12(14,15)7-16-5-6-18-8-17-10-4-2-1-3-9(10)11(18)19/h1-4,8,16H,5-7H2. The molecule has 102 valence electrons. The summed E-state index contributed by atoms with van der Waals surface area (Å²) >= 11 is 0. The highest BCUT2D eigenvalue weighted by Gasteiger charge is 2.25. The van der Waals surface area contributed by atoms with Crippen molar-refractivity contribution in [3.63, 3.8) is 0 Å². The third-order valence-electron chi connectivity index (χ3n) is 2.59. The number of benzene rings is 1. The van der Waals surface area contributed by atoms with Crippen LogP contribution in [0.4, 0.5) is 13.2 Å². The Morgan fingerprint density at radius 2 is 2.00 bits per heavy atom. The lowest BCUT2D eigenvalue weighted by atomic mass is 10.2. The van der Waals surface area contributed by atoms with Gasteiger partial charge in [-0.1, -0.05) is 12.1 Å². The predicted molar refractivity (Wildman–Crippen MR) is 64.9 cm³/mol. The summed E-state index contributed by atoms with van der Waals surface area (Å²) < 4.78 is 37.1. The highest BCUT2D eigenvalue weighted by atomic mass is 19.4. The number of aromatic nitrogens is 2. The van der Waals surface area contributed by atoms with Crippen molar-refractivity contribution >= 4 is 10.9 Å². The maximum Gasteiger partial charge on any atom is 0.401 e. The largest absolute Gasteiger partial charge is 0.401 e. The number of rotatable bonds is 4. The van der Waals surface area contributed by atoms with E-state index in [1.807, 2.05) is 0 Å². The molecule has 0 radical (unpaired) electrons. The minimum Gasteiger partial charge on any atom is -0.307 e. The van der Waals surface area contributed by atoms with Gasteiger partial charge in [-0.05, 0) is 12.1 Å². The number of hydrogen-bond donors (Lipinski definition) is 1. The van der Waals surface area contributed by atoms with Gasteiger partial charge >= 0.3 is 6.18 Å². The Labute approximate surface area is 106 Å². The van der Waals surface area contributed by atoms with Crippen LogP contribution in [0.1, 0.15) is 0 Å². The van der Waals surface area contributed by atoms with Crippen LogP contribution < -0.4 is 10.9 Å². The van der Waals surface area contributed by atoms with Crippen molar-refractivity contribution in [2.24, 2.45) is 0 Å². The average Bonchev–Trinajstić information content (AvgIpc) is 2.36. The zero-order chi connectivity index (χ0) is 13.9. The number of halogens is 3. The maximum absolute atomic E-state index is 12.0. The first-order valence-electron chi connectivity index (χ1n) is 5.69. The van der Waals surface area contributed by atoms with Crippen molar-refractivity contribution in [2.75, 3.05) is 13.1 Å². The van der Waals surface area contributed by atoms with Crippen LogP contribution in [-0.2, 0) is 6.54 Å². The molecule has 1 N–H and O–H groups in total.